The third-order valence-electron chi connectivity index (χ3n) is 1.84. The maximum Gasteiger partial charge on any atom is 0.198 e. The molecule has 11 heavy (non-hydrogen) atoms. The molecule has 0 atom stereocenters. The van der Waals surface area contributed by atoms with Crippen molar-refractivity contribution >= 4 is 16.9 Å². The molecule has 1 aliphatic rings. The van der Waals surface area contributed by atoms with Gasteiger partial charge in [-0.25, -0.2) is 0 Å². The summed E-state index contributed by atoms with van der Waals surface area (Å²) in [5, 5.41) is 0.273. The van der Waals surface area contributed by atoms with Crippen molar-refractivity contribution in [3.63, 3.8) is 0 Å². The van der Waals surface area contributed by atoms with E-state index in [-0.39, 0.29) is 5.12 Å². The van der Waals surface area contributed by atoms with Gasteiger partial charge in [0.1, 0.15) is 0 Å². The van der Waals surface area contributed by atoms with Crippen LogP contribution in [0.2, 0.25) is 0 Å². The Morgan fingerprint density at radius 2 is 2.27 bits per heavy atom. The van der Waals surface area contributed by atoms with Crippen LogP contribution in [-0.4, -0.2) is 5.12 Å². The second-order valence-corrected chi connectivity index (χ2v) is 3.78. The third-order valence-corrected chi connectivity index (χ3v) is 3.00. The molecule has 0 spiro atoms. The first-order valence-electron chi connectivity index (χ1n) is 3.56. The zero-order valence-corrected chi connectivity index (χ0v) is 7.07. The fourth-order valence-corrected chi connectivity index (χ4v) is 2.26. The van der Waals surface area contributed by atoms with Crippen molar-refractivity contribution in [2.24, 2.45) is 0 Å². The van der Waals surface area contributed by atoms with E-state index in [1.165, 1.54) is 27.8 Å². The monoisotopic (exact) mass is 164 g/mol. The Bertz CT molecular complexity index is 317. The van der Waals surface area contributed by atoms with Crippen molar-refractivity contribution in [2.45, 2.75) is 18.2 Å². The van der Waals surface area contributed by atoms with Gasteiger partial charge in [-0.15, -0.1) is 0 Å². The predicted molar refractivity (Wildman–Crippen MR) is 45.7 cm³/mol. The Kier molecular flexibility index (Phi) is 1.50. The van der Waals surface area contributed by atoms with Crippen molar-refractivity contribution < 1.29 is 4.79 Å². The summed E-state index contributed by atoms with van der Waals surface area (Å²) in [6, 6.07) is 6.08. The van der Waals surface area contributed by atoms with Gasteiger partial charge >= 0.3 is 0 Å². The van der Waals surface area contributed by atoms with Gasteiger partial charge in [0, 0.05) is 11.3 Å². The smallest absolute Gasteiger partial charge is 0.198 e. The van der Waals surface area contributed by atoms with Crippen molar-refractivity contribution in [1.82, 2.24) is 0 Å². The molecule has 1 aromatic rings. The lowest BCUT2D eigenvalue weighted by Crippen LogP contribution is -1.85. The fourth-order valence-electron chi connectivity index (χ4n) is 1.30. The first-order chi connectivity index (χ1) is 5.27. The Morgan fingerprint density at radius 1 is 1.45 bits per heavy atom. The summed E-state index contributed by atoms with van der Waals surface area (Å²) in [5.41, 5.74) is 2.42. The predicted octanol–water partition coefficient (Wildman–Crippen LogP) is 2.17. The van der Waals surface area contributed by atoms with Crippen LogP contribution < -0.4 is 0 Å². The van der Waals surface area contributed by atoms with E-state index in [2.05, 4.69) is 0 Å². The van der Waals surface area contributed by atoms with E-state index in [4.69, 9.17) is 0 Å². The molecular formula is C9H8OS. The van der Waals surface area contributed by atoms with Gasteiger partial charge in [0.05, 0.1) is 0 Å². The molecule has 0 unspecified atom stereocenters. The van der Waals surface area contributed by atoms with Crippen LogP contribution in [0.3, 0.4) is 0 Å². The summed E-state index contributed by atoms with van der Waals surface area (Å²) >= 11 is 1.38. The van der Waals surface area contributed by atoms with Crippen LogP contribution in [0.4, 0.5) is 0 Å². The van der Waals surface area contributed by atoms with E-state index < -0.39 is 0 Å². The Hall–Kier alpha value is -0.760. The number of rotatable bonds is 0. The summed E-state index contributed by atoms with van der Waals surface area (Å²) in [5.74, 6) is 0. The summed E-state index contributed by atoms with van der Waals surface area (Å²) in [6.45, 7) is 2.05. The van der Waals surface area contributed by atoms with Crippen LogP contribution in [0.5, 0.6) is 0 Å². The summed E-state index contributed by atoms with van der Waals surface area (Å²) in [4.78, 5) is 12.2. The highest BCUT2D eigenvalue weighted by atomic mass is 32.2. The standard InChI is InChI=1S/C9H8OS/c1-6-3-2-4-7-5-8(10)11-9(6)7/h2-4H,5H2,1H3. The molecule has 0 aliphatic carbocycles. The minimum absolute atomic E-state index is 0.273. The van der Waals surface area contributed by atoms with E-state index in [0.29, 0.717) is 6.42 Å². The minimum Gasteiger partial charge on any atom is -0.286 e. The first-order valence-corrected chi connectivity index (χ1v) is 4.38. The van der Waals surface area contributed by atoms with E-state index in [0.717, 1.165) is 0 Å². The molecule has 1 aliphatic heterocycles. The number of aryl methyl sites for hydroxylation is 1. The second kappa shape index (κ2) is 2.38. The largest absolute Gasteiger partial charge is 0.286 e. The maximum atomic E-state index is 11.0. The van der Waals surface area contributed by atoms with Crippen LogP contribution in [0.25, 0.3) is 0 Å². The van der Waals surface area contributed by atoms with Crippen molar-refractivity contribution in [1.29, 1.82) is 0 Å². The molecule has 0 aromatic heterocycles. The number of carbonyl (C=O) groups excluding carboxylic acids is 1. The van der Waals surface area contributed by atoms with Gasteiger partial charge in [0.2, 0.25) is 0 Å². The van der Waals surface area contributed by atoms with Gasteiger partial charge in [0.15, 0.2) is 5.12 Å². The zero-order valence-electron chi connectivity index (χ0n) is 6.26. The third kappa shape index (κ3) is 1.07. The van der Waals surface area contributed by atoms with E-state index >= 15 is 0 Å². The number of fused-ring (bicyclic) bond motifs is 1. The van der Waals surface area contributed by atoms with E-state index in [9.17, 15) is 4.79 Å². The highest BCUT2D eigenvalue weighted by Crippen LogP contribution is 2.34. The highest BCUT2D eigenvalue weighted by molar-refractivity contribution is 8.14. The van der Waals surface area contributed by atoms with E-state index in [1.54, 1.807) is 0 Å². The van der Waals surface area contributed by atoms with Crippen LogP contribution in [0.15, 0.2) is 23.1 Å². The SMILES string of the molecule is Cc1cccc2c1SC(=O)C2. The molecule has 1 aromatic carbocycles. The number of carbonyl (C=O) groups is 1. The molecule has 1 nitrogen and oxygen atoms in total. The molecule has 0 radical (unpaired) electrons. The minimum atomic E-state index is 0.273. The number of thioether (sulfide) groups is 1. The first kappa shape index (κ1) is 6.92. The summed E-state index contributed by atoms with van der Waals surface area (Å²) in [6.07, 6.45) is 0.613. The normalized spacial score (nSPS) is 15.2. The quantitative estimate of drug-likeness (QED) is 0.584. The summed E-state index contributed by atoms with van der Waals surface area (Å²) in [7, 11) is 0. The van der Waals surface area contributed by atoms with Gasteiger partial charge in [-0.1, -0.05) is 30.0 Å². The lowest BCUT2D eigenvalue weighted by atomic mass is 10.1. The van der Waals surface area contributed by atoms with Crippen LogP contribution in [0, 0.1) is 6.92 Å². The van der Waals surface area contributed by atoms with E-state index in [1.807, 2.05) is 25.1 Å². The lowest BCUT2D eigenvalue weighted by molar-refractivity contribution is -0.110. The molecule has 0 bridgehead atoms. The van der Waals surface area contributed by atoms with Crippen molar-refractivity contribution in [3.05, 3.63) is 29.3 Å². The molecule has 1 heterocycles. The van der Waals surface area contributed by atoms with Gasteiger partial charge < -0.3 is 0 Å². The van der Waals surface area contributed by atoms with Crippen molar-refractivity contribution in [3.8, 4) is 0 Å². The molecule has 0 fully saturated rings. The number of benzene rings is 1. The average Bonchev–Trinajstić information content (AvgIpc) is 2.31. The van der Waals surface area contributed by atoms with Gasteiger partial charge in [-0.2, -0.15) is 0 Å². The lowest BCUT2D eigenvalue weighted by Gasteiger charge is -1.98. The van der Waals surface area contributed by atoms with Crippen molar-refractivity contribution in [2.75, 3.05) is 0 Å². The molecule has 0 saturated heterocycles. The molecule has 0 amide bonds. The topological polar surface area (TPSA) is 17.1 Å². The van der Waals surface area contributed by atoms with Crippen LogP contribution in [0.1, 0.15) is 11.1 Å². The Labute approximate surface area is 69.8 Å². The van der Waals surface area contributed by atoms with Gasteiger partial charge in [-0.3, -0.25) is 4.79 Å². The molecular weight excluding hydrogens is 156 g/mol. The molecule has 0 saturated carbocycles. The molecule has 2 heteroatoms. The second-order valence-electron chi connectivity index (χ2n) is 2.71. The molecule has 56 valence electrons. The average molecular weight is 164 g/mol. The van der Waals surface area contributed by atoms with Gasteiger partial charge in [-0.05, 0) is 18.1 Å². The molecule has 2 rings (SSSR count). The zero-order chi connectivity index (χ0) is 7.84. The summed E-state index contributed by atoms with van der Waals surface area (Å²) < 4.78 is 0. The van der Waals surface area contributed by atoms with Gasteiger partial charge in [0.25, 0.3) is 0 Å². The fraction of sp³-hybridized carbons (Fsp3) is 0.222. The Balaban J connectivity index is 2.57. The van der Waals surface area contributed by atoms with Crippen LogP contribution in [-0.2, 0) is 11.2 Å². The number of hydrogen-bond acceptors (Lipinski definition) is 2. The van der Waals surface area contributed by atoms with Crippen LogP contribution >= 0.6 is 11.8 Å². The highest BCUT2D eigenvalue weighted by Gasteiger charge is 2.19. The number of hydrogen-bond donors (Lipinski definition) is 0. The maximum absolute atomic E-state index is 11.0. The Morgan fingerprint density at radius 3 is 3.00 bits per heavy atom. The molecule has 0 N–H and O–H groups in total.